The van der Waals surface area contributed by atoms with E-state index in [9.17, 15) is 10.1 Å². The number of aryl methyl sites for hydroxylation is 1. The zero-order valence-corrected chi connectivity index (χ0v) is 12.2. The minimum atomic E-state index is -0.407. The summed E-state index contributed by atoms with van der Waals surface area (Å²) in [5.74, 6) is 0.767. The van der Waals surface area contributed by atoms with E-state index in [1.54, 1.807) is 6.92 Å². The zero-order chi connectivity index (χ0) is 14.8. The van der Waals surface area contributed by atoms with Crippen molar-refractivity contribution >= 4 is 17.5 Å². The molecule has 0 amide bonds. The third kappa shape index (κ3) is 2.66. The van der Waals surface area contributed by atoms with Crippen molar-refractivity contribution in [1.82, 2.24) is 9.97 Å². The fourth-order valence-electron chi connectivity index (χ4n) is 2.53. The van der Waals surface area contributed by atoms with Crippen molar-refractivity contribution < 1.29 is 4.92 Å². The average Bonchev–Trinajstić information content (AvgIpc) is 2.33. The van der Waals surface area contributed by atoms with Crippen LogP contribution in [0.15, 0.2) is 0 Å². The van der Waals surface area contributed by atoms with Crippen molar-refractivity contribution in [1.29, 1.82) is 0 Å². The van der Waals surface area contributed by atoms with E-state index in [4.69, 9.17) is 0 Å². The lowest BCUT2D eigenvalue weighted by Gasteiger charge is -2.42. The number of anilines is 2. The van der Waals surface area contributed by atoms with Crippen LogP contribution in [0.4, 0.5) is 17.5 Å². The third-order valence-electron chi connectivity index (χ3n) is 3.95. The molecule has 1 aromatic heterocycles. The van der Waals surface area contributed by atoms with E-state index < -0.39 is 4.92 Å². The normalized spacial score (nSPS) is 16.4. The molecule has 7 heteroatoms. The first kappa shape index (κ1) is 14.5. The standard InChI is InChI=1S/C13H21N5O2/c1-4-13(7-6-8-13)17-11-10(18(19)20)9(3)15-12(16-11)14-5-2/h4-8H2,1-3H3,(H2,14,15,16,17). The summed E-state index contributed by atoms with van der Waals surface area (Å²) in [5.41, 5.74) is 0.315. The number of nitro groups is 1. The largest absolute Gasteiger partial charge is 0.359 e. The van der Waals surface area contributed by atoms with Gasteiger partial charge in [-0.2, -0.15) is 4.98 Å². The summed E-state index contributed by atoms with van der Waals surface area (Å²) in [5, 5.41) is 17.6. The molecule has 110 valence electrons. The fraction of sp³-hybridized carbons (Fsp3) is 0.692. The summed E-state index contributed by atoms with van der Waals surface area (Å²) in [4.78, 5) is 19.3. The molecule has 0 bridgehead atoms. The molecule has 1 fully saturated rings. The number of hydrogen-bond donors (Lipinski definition) is 2. The second kappa shape index (κ2) is 5.60. The molecule has 1 aliphatic carbocycles. The maximum absolute atomic E-state index is 11.3. The molecular formula is C13H21N5O2. The van der Waals surface area contributed by atoms with Gasteiger partial charge in [0.15, 0.2) is 0 Å². The van der Waals surface area contributed by atoms with Gasteiger partial charge in [0.2, 0.25) is 11.8 Å². The first-order chi connectivity index (χ1) is 9.51. The lowest BCUT2D eigenvalue weighted by Crippen LogP contribution is -2.44. The highest BCUT2D eigenvalue weighted by Gasteiger charge is 2.37. The molecule has 0 saturated heterocycles. The van der Waals surface area contributed by atoms with Crippen LogP contribution in [0.2, 0.25) is 0 Å². The maximum atomic E-state index is 11.3. The Hall–Kier alpha value is -1.92. The number of nitrogens with one attached hydrogen (secondary N) is 2. The monoisotopic (exact) mass is 279 g/mol. The van der Waals surface area contributed by atoms with Crippen molar-refractivity contribution in [2.24, 2.45) is 0 Å². The molecule has 0 aromatic carbocycles. The summed E-state index contributed by atoms with van der Waals surface area (Å²) >= 11 is 0. The molecule has 1 aliphatic rings. The van der Waals surface area contributed by atoms with Gasteiger partial charge in [-0.05, 0) is 39.5 Å². The second-order valence-corrected chi connectivity index (χ2v) is 5.23. The Morgan fingerprint density at radius 1 is 1.35 bits per heavy atom. The van der Waals surface area contributed by atoms with E-state index >= 15 is 0 Å². The highest BCUT2D eigenvalue weighted by Crippen LogP contribution is 2.40. The summed E-state index contributed by atoms with van der Waals surface area (Å²) in [6.45, 7) is 6.35. The summed E-state index contributed by atoms with van der Waals surface area (Å²) in [6, 6.07) is 0. The summed E-state index contributed by atoms with van der Waals surface area (Å²) < 4.78 is 0. The second-order valence-electron chi connectivity index (χ2n) is 5.23. The van der Waals surface area contributed by atoms with Gasteiger partial charge >= 0.3 is 5.69 Å². The van der Waals surface area contributed by atoms with Gasteiger partial charge in [-0.15, -0.1) is 0 Å². The van der Waals surface area contributed by atoms with Gasteiger partial charge in [0.05, 0.1) is 4.92 Å². The molecule has 0 atom stereocenters. The van der Waals surface area contributed by atoms with Gasteiger partial charge in [0.1, 0.15) is 5.69 Å². The molecule has 0 radical (unpaired) electrons. The molecular weight excluding hydrogens is 258 g/mol. The Morgan fingerprint density at radius 2 is 2.05 bits per heavy atom. The Labute approximate surface area is 118 Å². The van der Waals surface area contributed by atoms with Crippen LogP contribution in [0, 0.1) is 17.0 Å². The minimum Gasteiger partial charge on any atom is -0.359 e. The predicted octanol–water partition coefficient (Wildman–Crippen LogP) is 2.87. The Kier molecular flexibility index (Phi) is 4.06. The van der Waals surface area contributed by atoms with Crippen molar-refractivity contribution in [3.05, 3.63) is 15.8 Å². The van der Waals surface area contributed by atoms with Crippen LogP contribution in [0.3, 0.4) is 0 Å². The highest BCUT2D eigenvalue weighted by atomic mass is 16.6. The molecule has 7 nitrogen and oxygen atoms in total. The van der Waals surface area contributed by atoms with Gasteiger partial charge in [0.25, 0.3) is 0 Å². The number of hydrogen-bond acceptors (Lipinski definition) is 6. The van der Waals surface area contributed by atoms with Crippen molar-refractivity contribution in [2.45, 2.75) is 52.0 Å². The predicted molar refractivity (Wildman–Crippen MR) is 78.1 cm³/mol. The Bertz CT molecular complexity index is 508. The van der Waals surface area contributed by atoms with E-state index in [1.807, 2.05) is 6.92 Å². The van der Waals surface area contributed by atoms with Gasteiger partial charge in [0, 0.05) is 12.1 Å². The van der Waals surface area contributed by atoms with Gasteiger partial charge in [-0.3, -0.25) is 10.1 Å². The average molecular weight is 279 g/mol. The van der Waals surface area contributed by atoms with Crippen molar-refractivity contribution in [3.8, 4) is 0 Å². The van der Waals surface area contributed by atoms with E-state index in [0.717, 1.165) is 25.7 Å². The minimum absolute atomic E-state index is 0.0219. The Balaban J connectivity index is 2.39. The SMILES string of the molecule is CCNc1nc(C)c([N+](=O)[O-])c(NC2(CC)CCC2)n1. The van der Waals surface area contributed by atoms with Gasteiger partial charge in [-0.25, -0.2) is 4.98 Å². The molecule has 0 unspecified atom stereocenters. The highest BCUT2D eigenvalue weighted by molar-refractivity contribution is 5.62. The molecule has 2 rings (SSSR count). The zero-order valence-electron chi connectivity index (χ0n) is 12.2. The van der Waals surface area contributed by atoms with Crippen LogP contribution < -0.4 is 10.6 Å². The molecule has 1 heterocycles. The molecule has 1 saturated carbocycles. The topological polar surface area (TPSA) is 93.0 Å². The van der Waals surface area contributed by atoms with Crippen molar-refractivity contribution in [3.63, 3.8) is 0 Å². The third-order valence-corrected chi connectivity index (χ3v) is 3.95. The fourth-order valence-corrected chi connectivity index (χ4v) is 2.53. The first-order valence-electron chi connectivity index (χ1n) is 7.06. The smallest absolute Gasteiger partial charge is 0.332 e. The van der Waals surface area contributed by atoms with E-state index in [-0.39, 0.29) is 11.2 Å². The molecule has 1 aromatic rings. The number of aromatic nitrogens is 2. The van der Waals surface area contributed by atoms with Crippen LogP contribution >= 0.6 is 0 Å². The molecule has 0 aliphatic heterocycles. The van der Waals surface area contributed by atoms with E-state index in [0.29, 0.717) is 24.0 Å². The molecule has 2 N–H and O–H groups in total. The van der Waals surface area contributed by atoms with E-state index in [2.05, 4.69) is 27.5 Å². The molecule has 0 spiro atoms. The van der Waals surface area contributed by atoms with Crippen LogP contribution in [0.1, 0.15) is 45.2 Å². The number of rotatable bonds is 6. The lowest BCUT2D eigenvalue weighted by molar-refractivity contribution is -0.385. The summed E-state index contributed by atoms with van der Waals surface area (Å²) in [6.07, 6.45) is 4.14. The first-order valence-corrected chi connectivity index (χ1v) is 7.06. The van der Waals surface area contributed by atoms with E-state index in [1.165, 1.54) is 0 Å². The molecule has 20 heavy (non-hydrogen) atoms. The van der Waals surface area contributed by atoms with Crippen LogP contribution in [0.25, 0.3) is 0 Å². The van der Waals surface area contributed by atoms with Crippen LogP contribution in [0.5, 0.6) is 0 Å². The van der Waals surface area contributed by atoms with Gasteiger partial charge < -0.3 is 10.6 Å². The van der Waals surface area contributed by atoms with Gasteiger partial charge in [-0.1, -0.05) is 6.92 Å². The number of nitrogens with zero attached hydrogens (tertiary/aromatic N) is 3. The van der Waals surface area contributed by atoms with Crippen molar-refractivity contribution in [2.75, 3.05) is 17.2 Å². The lowest BCUT2D eigenvalue weighted by atomic mass is 9.75. The quantitative estimate of drug-likeness (QED) is 0.614. The summed E-state index contributed by atoms with van der Waals surface area (Å²) in [7, 11) is 0. The Morgan fingerprint density at radius 3 is 2.50 bits per heavy atom. The van der Waals surface area contributed by atoms with Crippen LogP contribution in [-0.2, 0) is 0 Å². The maximum Gasteiger partial charge on any atom is 0.332 e. The van der Waals surface area contributed by atoms with Crippen LogP contribution in [-0.4, -0.2) is 27.0 Å².